The molecule has 0 saturated heterocycles. The van der Waals surface area contributed by atoms with Gasteiger partial charge < -0.3 is 25.8 Å². The molecule has 2 aliphatic carbocycles. The average Bonchev–Trinajstić information content (AvgIpc) is 3.32. The summed E-state index contributed by atoms with van der Waals surface area (Å²) in [4.78, 5) is 21.8. The van der Waals surface area contributed by atoms with Gasteiger partial charge in [-0.1, -0.05) is 0 Å². The van der Waals surface area contributed by atoms with Crippen molar-refractivity contribution in [2.75, 3.05) is 17.7 Å². The summed E-state index contributed by atoms with van der Waals surface area (Å²) in [6.45, 7) is 0. The summed E-state index contributed by atoms with van der Waals surface area (Å²) < 4.78 is 7.48. The minimum absolute atomic E-state index is 0.0416. The molecule has 31 heavy (non-hydrogen) atoms. The number of hydrogen-bond donors (Lipinski definition) is 4. The third-order valence-electron chi connectivity index (χ3n) is 5.55. The highest BCUT2D eigenvalue weighted by molar-refractivity contribution is 6.00. The Morgan fingerprint density at radius 2 is 2.16 bits per heavy atom. The van der Waals surface area contributed by atoms with Gasteiger partial charge in [0.25, 0.3) is 5.91 Å². The molecule has 4 N–H and O–H groups in total. The Bertz CT molecular complexity index is 1110. The van der Waals surface area contributed by atoms with Crippen LogP contribution in [0.25, 0.3) is 5.65 Å². The van der Waals surface area contributed by atoms with Crippen molar-refractivity contribution in [3.05, 3.63) is 36.2 Å². The lowest BCUT2D eigenvalue weighted by Crippen LogP contribution is -2.33. The SMILES string of the molecule is CNc1cc(Nc2cccnc2OC2CC2)nc2c(C(=O)N[C@H]3CCC(O)C3)cnn12. The van der Waals surface area contributed by atoms with Crippen LogP contribution in [0.15, 0.2) is 30.6 Å². The number of pyridine rings is 1. The number of aromatic nitrogens is 4. The lowest BCUT2D eigenvalue weighted by molar-refractivity contribution is 0.0935. The quantitative estimate of drug-likeness (QED) is 0.455. The van der Waals surface area contributed by atoms with E-state index in [-0.39, 0.29) is 24.2 Å². The molecule has 162 valence electrons. The van der Waals surface area contributed by atoms with Gasteiger partial charge in [0.05, 0.1) is 12.3 Å². The number of nitrogens with one attached hydrogen (secondary N) is 3. The van der Waals surface area contributed by atoms with Crippen LogP contribution in [0, 0.1) is 0 Å². The smallest absolute Gasteiger partial charge is 0.256 e. The Morgan fingerprint density at radius 1 is 1.29 bits per heavy atom. The number of anilines is 3. The van der Waals surface area contributed by atoms with Crippen LogP contribution in [0.1, 0.15) is 42.5 Å². The maximum absolute atomic E-state index is 12.9. The van der Waals surface area contributed by atoms with Gasteiger partial charge in [0.15, 0.2) is 5.65 Å². The molecule has 2 atom stereocenters. The summed E-state index contributed by atoms with van der Waals surface area (Å²) in [6.07, 6.45) is 7.18. The van der Waals surface area contributed by atoms with Crippen LogP contribution < -0.4 is 20.7 Å². The van der Waals surface area contributed by atoms with Gasteiger partial charge in [0, 0.05) is 25.4 Å². The number of nitrogens with zero attached hydrogens (tertiary/aromatic N) is 4. The first-order chi connectivity index (χ1) is 15.1. The average molecular weight is 423 g/mol. The number of amides is 1. The van der Waals surface area contributed by atoms with Gasteiger partial charge >= 0.3 is 0 Å². The van der Waals surface area contributed by atoms with Crippen LogP contribution in [0.4, 0.5) is 17.3 Å². The van der Waals surface area contributed by atoms with Gasteiger partial charge in [0.1, 0.15) is 29.0 Å². The molecule has 10 nitrogen and oxygen atoms in total. The van der Waals surface area contributed by atoms with E-state index in [0.717, 1.165) is 19.3 Å². The molecule has 5 rings (SSSR count). The molecular formula is C21H25N7O3. The summed E-state index contributed by atoms with van der Waals surface area (Å²) in [6, 6.07) is 5.47. The molecule has 3 aromatic heterocycles. The maximum atomic E-state index is 12.9. The zero-order valence-corrected chi connectivity index (χ0v) is 17.2. The van der Waals surface area contributed by atoms with E-state index in [1.807, 2.05) is 18.2 Å². The third-order valence-corrected chi connectivity index (χ3v) is 5.55. The minimum Gasteiger partial charge on any atom is -0.473 e. The lowest BCUT2D eigenvalue weighted by Gasteiger charge is -2.14. The summed E-state index contributed by atoms with van der Waals surface area (Å²) in [5, 5.41) is 23.4. The second-order valence-corrected chi connectivity index (χ2v) is 8.01. The number of hydrogen-bond acceptors (Lipinski definition) is 8. The molecule has 2 saturated carbocycles. The molecule has 3 heterocycles. The molecule has 0 radical (unpaired) electrons. The lowest BCUT2D eigenvalue weighted by atomic mass is 10.2. The minimum atomic E-state index is -0.356. The first-order valence-electron chi connectivity index (χ1n) is 10.5. The number of fused-ring (bicyclic) bond motifs is 1. The molecular weight excluding hydrogens is 398 g/mol. The maximum Gasteiger partial charge on any atom is 0.256 e. The first kappa shape index (κ1) is 19.6. The van der Waals surface area contributed by atoms with E-state index in [4.69, 9.17) is 4.74 Å². The molecule has 0 aromatic carbocycles. The van der Waals surface area contributed by atoms with Crippen LogP contribution >= 0.6 is 0 Å². The third kappa shape index (κ3) is 4.11. The Hall–Kier alpha value is -3.40. The second-order valence-electron chi connectivity index (χ2n) is 8.01. The van der Waals surface area contributed by atoms with E-state index in [1.165, 1.54) is 6.20 Å². The number of ether oxygens (including phenoxy) is 1. The van der Waals surface area contributed by atoms with Crippen molar-refractivity contribution in [1.29, 1.82) is 0 Å². The molecule has 10 heteroatoms. The summed E-state index contributed by atoms with van der Waals surface area (Å²) >= 11 is 0. The zero-order valence-electron chi connectivity index (χ0n) is 17.2. The standard InChI is InChI=1S/C21H25N7O3/c1-22-18-10-17(26-16-3-2-8-23-21(16)31-14-6-7-14)27-19-15(11-24-28(18)19)20(30)25-12-4-5-13(29)9-12/h2-3,8,10-14,22,29H,4-7,9H2,1H3,(H,25,30)(H,26,27)/t12-,13?/m0/s1. The van der Waals surface area contributed by atoms with Crippen LogP contribution in [-0.2, 0) is 0 Å². The summed E-state index contributed by atoms with van der Waals surface area (Å²) in [5.41, 5.74) is 1.51. The number of aliphatic hydroxyl groups excluding tert-OH is 1. The Morgan fingerprint density at radius 3 is 2.90 bits per heavy atom. The van der Waals surface area contributed by atoms with Crippen molar-refractivity contribution in [3.8, 4) is 5.88 Å². The largest absolute Gasteiger partial charge is 0.473 e. The van der Waals surface area contributed by atoms with Gasteiger partial charge in [0.2, 0.25) is 5.88 Å². The van der Waals surface area contributed by atoms with Crippen molar-refractivity contribution < 1.29 is 14.6 Å². The predicted octanol–water partition coefficient (Wildman–Crippen LogP) is 2.09. The van der Waals surface area contributed by atoms with Gasteiger partial charge in [-0.15, -0.1) is 0 Å². The summed E-state index contributed by atoms with van der Waals surface area (Å²) in [5.74, 6) is 1.50. The molecule has 0 spiro atoms. The molecule has 1 unspecified atom stereocenters. The molecule has 2 fully saturated rings. The monoisotopic (exact) mass is 423 g/mol. The van der Waals surface area contributed by atoms with Gasteiger partial charge in [-0.2, -0.15) is 9.61 Å². The Balaban J connectivity index is 1.44. The molecule has 0 bridgehead atoms. The fraction of sp³-hybridized carbons (Fsp3) is 0.429. The van der Waals surface area contributed by atoms with Crippen LogP contribution in [0.2, 0.25) is 0 Å². The van der Waals surface area contributed by atoms with Crippen LogP contribution in [-0.4, -0.2) is 55.9 Å². The Labute approximate surface area is 179 Å². The van der Waals surface area contributed by atoms with E-state index in [0.29, 0.717) is 47.3 Å². The molecule has 3 aromatic rings. The van der Waals surface area contributed by atoms with Crippen LogP contribution in [0.3, 0.4) is 0 Å². The molecule has 2 aliphatic rings. The fourth-order valence-corrected chi connectivity index (χ4v) is 3.78. The number of aliphatic hydroxyl groups is 1. The van der Waals surface area contributed by atoms with E-state index in [1.54, 1.807) is 17.8 Å². The summed E-state index contributed by atoms with van der Waals surface area (Å²) in [7, 11) is 1.78. The topological polar surface area (TPSA) is 126 Å². The van der Waals surface area contributed by atoms with Crippen molar-refractivity contribution in [2.24, 2.45) is 0 Å². The van der Waals surface area contributed by atoms with Gasteiger partial charge in [-0.25, -0.2) is 9.97 Å². The highest BCUT2D eigenvalue weighted by Gasteiger charge is 2.27. The van der Waals surface area contributed by atoms with Gasteiger partial charge in [-0.3, -0.25) is 4.79 Å². The van der Waals surface area contributed by atoms with Crippen molar-refractivity contribution >= 4 is 28.9 Å². The van der Waals surface area contributed by atoms with E-state index >= 15 is 0 Å². The highest BCUT2D eigenvalue weighted by atomic mass is 16.5. The van der Waals surface area contributed by atoms with Crippen molar-refractivity contribution in [2.45, 2.75) is 50.4 Å². The molecule has 1 amide bonds. The normalized spacial score (nSPS) is 20.6. The van der Waals surface area contributed by atoms with E-state index in [9.17, 15) is 9.90 Å². The van der Waals surface area contributed by atoms with Gasteiger partial charge in [-0.05, 0) is 44.2 Å². The van der Waals surface area contributed by atoms with Crippen molar-refractivity contribution in [1.82, 2.24) is 24.9 Å². The Kier molecular flexibility index (Phi) is 5.06. The highest BCUT2D eigenvalue weighted by Crippen LogP contribution is 2.32. The zero-order chi connectivity index (χ0) is 21.4. The van der Waals surface area contributed by atoms with Crippen molar-refractivity contribution in [3.63, 3.8) is 0 Å². The first-order valence-corrected chi connectivity index (χ1v) is 10.5. The number of carbonyl (C=O) groups is 1. The van der Waals surface area contributed by atoms with Crippen LogP contribution in [0.5, 0.6) is 5.88 Å². The predicted molar refractivity (Wildman–Crippen MR) is 115 cm³/mol. The fourth-order valence-electron chi connectivity index (χ4n) is 3.78. The second kappa shape index (κ2) is 8.03. The number of carbonyl (C=O) groups excluding carboxylic acids is 1. The number of rotatable bonds is 7. The molecule has 0 aliphatic heterocycles. The van der Waals surface area contributed by atoms with E-state index < -0.39 is 0 Å². The van der Waals surface area contributed by atoms with E-state index in [2.05, 4.69) is 31.0 Å².